The number of carbonyl (C=O) groups excluding carboxylic acids is 2. The Morgan fingerprint density at radius 3 is 2.84 bits per heavy atom. The Balaban J connectivity index is 0.00000162. The van der Waals surface area contributed by atoms with Crippen LogP contribution in [0.4, 0.5) is 5.82 Å². The van der Waals surface area contributed by atoms with E-state index in [9.17, 15) is 9.59 Å². The lowest BCUT2D eigenvalue weighted by Crippen LogP contribution is -2.46. The first-order chi connectivity index (χ1) is 8.08. The van der Waals surface area contributed by atoms with E-state index < -0.39 is 18.1 Å². The number of nitrogens with two attached hydrogens (primary N) is 2. The molecule has 0 aromatic carbocycles. The Bertz CT molecular complexity index is 472. The number of ether oxygens (including phenoxy) is 1. The summed E-state index contributed by atoms with van der Waals surface area (Å²) in [7, 11) is 0. The van der Waals surface area contributed by atoms with Gasteiger partial charge in [-0.05, 0) is 12.1 Å². The van der Waals surface area contributed by atoms with E-state index in [-0.39, 0.29) is 37.1 Å². The third kappa shape index (κ3) is 3.95. The normalized spacial score (nSPS) is 17.7. The molecule has 0 saturated heterocycles. The maximum absolute atomic E-state index is 11.6. The molecule has 0 aliphatic carbocycles. The number of pyridine rings is 1. The van der Waals surface area contributed by atoms with E-state index in [1.807, 2.05) is 0 Å². The number of primary amides is 1. The molecule has 1 aliphatic rings. The van der Waals surface area contributed by atoms with E-state index in [0.717, 1.165) is 0 Å². The van der Waals surface area contributed by atoms with Crippen LogP contribution in [-0.4, -0.2) is 28.9 Å². The quantitative estimate of drug-likeness (QED) is 0.716. The largest absolute Gasteiger partial charge is 0.477 e. The van der Waals surface area contributed by atoms with Crippen molar-refractivity contribution in [1.82, 2.24) is 4.98 Å². The molecule has 1 aliphatic heterocycles. The number of fused-ring (bicyclic) bond motifs is 1. The Hall–Kier alpha value is -1.57. The summed E-state index contributed by atoms with van der Waals surface area (Å²) in [4.78, 5) is 26.4. The van der Waals surface area contributed by atoms with Gasteiger partial charge in [0.05, 0.1) is 6.04 Å². The Morgan fingerprint density at radius 1 is 1.53 bits per heavy atom. The topological polar surface area (TPSA) is 120 Å². The first-order valence-electron chi connectivity index (χ1n) is 5.05. The molecule has 1 aromatic heterocycles. The van der Waals surface area contributed by atoms with E-state index in [0.29, 0.717) is 11.6 Å². The maximum atomic E-state index is 11.6. The predicted octanol–water partition coefficient (Wildman–Crippen LogP) is -0.173. The van der Waals surface area contributed by atoms with Crippen molar-refractivity contribution >= 4 is 42.4 Å². The zero-order valence-corrected chi connectivity index (χ0v) is 11.4. The highest BCUT2D eigenvalue weighted by Gasteiger charge is 2.30. The van der Waals surface area contributed by atoms with Gasteiger partial charge in [-0.25, -0.2) is 4.98 Å². The summed E-state index contributed by atoms with van der Waals surface area (Å²) in [6.07, 6.45) is 0.752. The van der Waals surface area contributed by atoms with Gasteiger partial charge in [0.1, 0.15) is 0 Å². The van der Waals surface area contributed by atoms with Gasteiger partial charge in [0.2, 0.25) is 5.91 Å². The van der Waals surface area contributed by atoms with Crippen LogP contribution in [0.3, 0.4) is 0 Å². The Morgan fingerprint density at radius 2 is 2.21 bits per heavy atom. The number of amides is 2. The van der Waals surface area contributed by atoms with E-state index in [1.54, 1.807) is 12.1 Å². The minimum atomic E-state index is -0.913. The summed E-state index contributed by atoms with van der Waals surface area (Å²) < 4.78 is 5.40. The highest BCUT2D eigenvalue weighted by molar-refractivity contribution is 5.97. The van der Waals surface area contributed by atoms with Crippen LogP contribution in [-0.2, 0) is 9.59 Å². The molecule has 0 saturated carbocycles. The smallest absolute Gasteiger partial charge is 0.266 e. The van der Waals surface area contributed by atoms with Gasteiger partial charge >= 0.3 is 0 Å². The summed E-state index contributed by atoms with van der Waals surface area (Å²) in [5.41, 5.74) is 10.5. The van der Waals surface area contributed by atoms with Crippen molar-refractivity contribution in [2.75, 3.05) is 5.32 Å². The molecule has 1 aromatic rings. The SMILES string of the molecule is Cl.Cl.NC(=O)[C@@H](N)C[C@@H]1Oc2cccnc2NC1=O. The molecule has 2 rings (SSSR count). The van der Waals surface area contributed by atoms with E-state index in [4.69, 9.17) is 16.2 Å². The lowest BCUT2D eigenvalue weighted by Gasteiger charge is -2.25. The van der Waals surface area contributed by atoms with Crippen LogP contribution in [0.15, 0.2) is 18.3 Å². The minimum absolute atomic E-state index is 0. The van der Waals surface area contributed by atoms with Crippen LogP contribution < -0.4 is 21.5 Å². The van der Waals surface area contributed by atoms with Crippen molar-refractivity contribution in [3.63, 3.8) is 0 Å². The standard InChI is InChI=1S/C10H12N4O3.2ClH/c11-5(8(12)15)4-7-10(16)14-9-6(17-7)2-1-3-13-9;;/h1-3,5,7H,4,11H2,(H2,12,15)(H,13,14,16);2*1H/t5-,7-;;/m0../s1. The number of nitrogens with zero attached hydrogens (tertiary/aromatic N) is 1. The molecule has 0 unspecified atom stereocenters. The monoisotopic (exact) mass is 308 g/mol. The number of carbonyl (C=O) groups is 2. The number of nitrogens with one attached hydrogen (secondary N) is 1. The zero-order valence-electron chi connectivity index (χ0n) is 9.74. The van der Waals surface area contributed by atoms with Crippen molar-refractivity contribution in [1.29, 1.82) is 0 Å². The molecule has 2 heterocycles. The number of halogens is 2. The van der Waals surface area contributed by atoms with Crippen LogP contribution in [0, 0.1) is 0 Å². The summed E-state index contributed by atoms with van der Waals surface area (Å²) in [6, 6.07) is 2.44. The van der Waals surface area contributed by atoms with E-state index in [2.05, 4.69) is 10.3 Å². The van der Waals surface area contributed by atoms with Gasteiger partial charge in [-0.1, -0.05) is 0 Å². The van der Waals surface area contributed by atoms with Crippen molar-refractivity contribution < 1.29 is 14.3 Å². The number of hydrogen-bond acceptors (Lipinski definition) is 5. The first-order valence-corrected chi connectivity index (χ1v) is 5.05. The second kappa shape index (κ2) is 7.13. The second-order valence-corrected chi connectivity index (χ2v) is 3.69. The van der Waals surface area contributed by atoms with Gasteiger partial charge in [0.15, 0.2) is 17.7 Å². The van der Waals surface area contributed by atoms with Crippen LogP contribution in [0.2, 0.25) is 0 Å². The highest BCUT2D eigenvalue weighted by Crippen LogP contribution is 2.27. The molecular formula is C10H14Cl2N4O3. The van der Waals surface area contributed by atoms with E-state index >= 15 is 0 Å². The highest BCUT2D eigenvalue weighted by atomic mass is 35.5. The molecule has 5 N–H and O–H groups in total. The van der Waals surface area contributed by atoms with Crippen LogP contribution in [0.1, 0.15) is 6.42 Å². The zero-order chi connectivity index (χ0) is 12.4. The molecule has 2 amide bonds. The van der Waals surface area contributed by atoms with Crippen molar-refractivity contribution in [3.05, 3.63) is 18.3 Å². The molecule has 0 spiro atoms. The minimum Gasteiger partial charge on any atom is -0.477 e. The summed E-state index contributed by atoms with van der Waals surface area (Å²) >= 11 is 0. The van der Waals surface area contributed by atoms with Gasteiger partial charge in [-0.3, -0.25) is 9.59 Å². The number of anilines is 1. The average Bonchev–Trinajstić information content (AvgIpc) is 2.29. The van der Waals surface area contributed by atoms with Gasteiger partial charge in [0.25, 0.3) is 5.91 Å². The average molecular weight is 309 g/mol. The lowest BCUT2D eigenvalue weighted by atomic mass is 10.1. The molecule has 106 valence electrons. The van der Waals surface area contributed by atoms with Crippen LogP contribution in [0.5, 0.6) is 5.75 Å². The molecule has 0 fully saturated rings. The van der Waals surface area contributed by atoms with E-state index in [1.165, 1.54) is 6.20 Å². The van der Waals surface area contributed by atoms with Gasteiger partial charge < -0.3 is 21.5 Å². The first kappa shape index (κ1) is 17.4. The van der Waals surface area contributed by atoms with Crippen LogP contribution in [0.25, 0.3) is 0 Å². The Kier molecular flexibility index (Phi) is 6.54. The van der Waals surface area contributed by atoms with Gasteiger partial charge in [-0.15, -0.1) is 24.8 Å². The molecule has 7 nitrogen and oxygen atoms in total. The molecule has 2 atom stereocenters. The lowest BCUT2D eigenvalue weighted by molar-refractivity contribution is -0.125. The fraction of sp³-hybridized carbons (Fsp3) is 0.300. The molecule has 19 heavy (non-hydrogen) atoms. The predicted molar refractivity (Wildman–Crippen MR) is 73.6 cm³/mol. The number of hydrogen-bond donors (Lipinski definition) is 3. The summed E-state index contributed by atoms with van der Waals surface area (Å²) in [5, 5.41) is 2.57. The third-order valence-corrected chi connectivity index (χ3v) is 2.41. The van der Waals surface area contributed by atoms with Gasteiger partial charge in [0, 0.05) is 12.6 Å². The second-order valence-electron chi connectivity index (χ2n) is 3.69. The van der Waals surface area contributed by atoms with Crippen LogP contribution >= 0.6 is 24.8 Å². The Labute approximate surface area is 121 Å². The van der Waals surface area contributed by atoms with Crippen molar-refractivity contribution in [3.8, 4) is 5.75 Å². The maximum Gasteiger partial charge on any atom is 0.266 e. The van der Waals surface area contributed by atoms with Crippen molar-refractivity contribution in [2.45, 2.75) is 18.6 Å². The fourth-order valence-corrected chi connectivity index (χ4v) is 1.49. The summed E-state index contributed by atoms with van der Waals surface area (Å²) in [6.45, 7) is 0. The number of rotatable bonds is 3. The third-order valence-electron chi connectivity index (χ3n) is 2.41. The molecule has 0 radical (unpaired) electrons. The number of aromatic nitrogens is 1. The van der Waals surface area contributed by atoms with Gasteiger partial charge in [-0.2, -0.15) is 0 Å². The summed E-state index contributed by atoms with van der Waals surface area (Å²) in [5.74, 6) is -0.235. The fourth-order valence-electron chi connectivity index (χ4n) is 1.49. The molecule has 9 heteroatoms. The molecule has 0 bridgehead atoms. The van der Waals surface area contributed by atoms with Crippen molar-refractivity contribution in [2.24, 2.45) is 11.5 Å². The molecular weight excluding hydrogens is 295 g/mol.